The third-order valence-corrected chi connectivity index (χ3v) is 6.12. The Balaban J connectivity index is 1.39. The van der Waals surface area contributed by atoms with Gasteiger partial charge in [0.05, 0.1) is 6.04 Å². The van der Waals surface area contributed by atoms with Gasteiger partial charge in [-0.15, -0.1) is 0 Å². The van der Waals surface area contributed by atoms with Crippen molar-refractivity contribution in [1.82, 2.24) is 24.3 Å². The van der Waals surface area contributed by atoms with Crippen LogP contribution >= 0.6 is 0 Å². The molecule has 4 rings (SSSR count). The highest BCUT2D eigenvalue weighted by Crippen LogP contribution is 2.34. The van der Waals surface area contributed by atoms with Crippen LogP contribution < -0.4 is 0 Å². The Kier molecular flexibility index (Phi) is 4.27. The van der Waals surface area contributed by atoms with E-state index in [0.29, 0.717) is 17.7 Å². The van der Waals surface area contributed by atoms with Crippen LogP contribution in [0.5, 0.6) is 0 Å². The van der Waals surface area contributed by atoms with E-state index in [0.717, 1.165) is 52.1 Å². The number of carbonyl (C=O) groups is 2. The molecule has 0 bridgehead atoms. The van der Waals surface area contributed by atoms with E-state index in [4.69, 9.17) is 0 Å². The van der Waals surface area contributed by atoms with Gasteiger partial charge in [-0.3, -0.25) is 14.5 Å². The van der Waals surface area contributed by atoms with Crippen LogP contribution in [0.2, 0.25) is 0 Å². The first-order valence-corrected chi connectivity index (χ1v) is 9.38. The largest absolute Gasteiger partial charge is 0.344 e. The summed E-state index contributed by atoms with van der Waals surface area (Å²) in [6.07, 6.45) is 5.61. The minimum Gasteiger partial charge on any atom is -0.344 e. The Morgan fingerprint density at radius 2 is 1.96 bits per heavy atom. The van der Waals surface area contributed by atoms with Gasteiger partial charge in [0.25, 0.3) is 5.91 Å². The number of likely N-dealkylation sites (N-methyl/N-ethyl adjacent to an activating group) is 1. The summed E-state index contributed by atoms with van der Waals surface area (Å²) in [4.78, 5) is 35.6. The van der Waals surface area contributed by atoms with Crippen molar-refractivity contribution in [2.75, 3.05) is 39.8 Å². The van der Waals surface area contributed by atoms with Gasteiger partial charge in [0, 0.05) is 58.7 Å². The fourth-order valence-corrected chi connectivity index (χ4v) is 4.70. The molecule has 1 unspecified atom stereocenters. The Morgan fingerprint density at radius 3 is 2.64 bits per heavy atom. The van der Waals surface area contributed by atoms with Crippen LogP contribution in [0, 0.1) is 11.8 Å². The average molecular weight is 345 g/mol. The third kappa shape index (κ3) is 2.84. The van der Waals surface area contributed by atoms with E-state index in [1.165, 1.54) is 0 Å². The van der Waals surface area contributed by atoms with E-state index in [-0.39, 0.29) is 17.9 Å². The van der Waals surface area contributed by atoms with Gasteiger partial charge in [0.2, 0.25) is 5.91 Å². The number of likely N-dealkylation sites (tertiary alicyclic amines) is 3. The molecule has 25 heavy (non-hydrogen) atoms. The summed E-state index contributed by atoms with van der Waals surface area (Å²) >= 11 is 0. The van der Waals surface area contributed by atoms with E-state index in [1.54, 1.807) is 6.20 Å². The van der Waals surface area contributed by atoms with Gasteiger partial charge in [-0.05, 0) is 31.6 Å². The molecule has 1 aromatic heterocycles. The maximum atomic E-state index is 12.8. The van der Waals surface area contributed by atoms with Crippen molar-refractivity contribution in [3.8, 4) is 0 Å². The smallest absolute Gasteiger partial charge is 0.289 e. The average Bonchev–Trinajstić information content (AvgIpc) is 3.30. The van der Waals surface area contributed by atoms with E-state index in [9.17, 15) is 9.59 Å². The SMILES string of the molecule is CCn1ccnc1C(=O)N1C[C@@H]2CN(C3CCCN(C)C3=O)C[C@@H]2C1. The number of fused-ring (bicyclic) bond motifs is 1. The number of aromatic nitrogens is 2. The number of carbonyl (C=O) groups excluding carboxylic acids is 2. The van der Waals surface area contributed by atoms with Crippen molar-refractivity contribution in [2.45, 2.75) is 32.4 Å². The number of piperidine rings is 1. The first kappa shape index (κ1) is 16.6. The molecule has 0 saturated carbocycles. The third-order valence-electron chi connectivity index (χ3n) is 6.12. The lowest BCUT2D eigenvalue weighted by Gasteiger charge is -2.35. The Labute approximate surface area is 148 Å². The highest BCUT2D eigenvalue weighted by molar-refractivity contribution is 5.91. The second kappa shape index (κ2) is 6.44. The number of amides is 2. The molecule has 3 aliphatic rings. The molecule has 7 nitrogen and oxygen atoms in total. The molecule has 3 saturated heterocycles. The van der Waals surface area contributed by atoms with Crippen LogP contribution in [0.15, 0.2) is 12.4 Å². The molecule has 4 heterocycles. The molecule has 1 aromatic rings. The minimum atomic E-state index is 0.0428. The first-order valence-electron chi connectivity index (χ1n) is 9.38. The van der Waals surface area contributed by atoms with Gasteiger partial charge in [0.1, 0.15) is 0 Å². The molecular weight excluding hydrogens is 318 g/mol. The molecule has 0 radical (unpaired) electrons. The topological polar surface area (TPSA) is 61.7 Å². The van der Waals surface area contributed by atoms with E-state index in [1.807, 2.05) is 34.5 Å². The van der Waals surface area contributed by atoms with Crippen molar-refractivity contribution in [3.63, 3.8) is 0 Å². The normalized spacial score (nSPS) is 30.2. The van der Waals surface area contributed by atoms with E-state index < -0.39 is 0 Å². The Morgan fingerprint density at radius 1 is 1.24 bits per heavy atom. The van der Waals surface area contributed by atoms with Gasteiger partial charge in [-0.2, -0.15) is 0 Å². The zero-order chi connectivity index (χ0) is 17.6. The monoisotopic (exact) mass is 345 g/mol. The number of hydrogen-bond acceptors (Lipinski definition) is 4. The molecular formula is C18H27N5O2. The highest BCUT2D eigenvalue weighted by atomic mass is 16.2. The standard InChI is InChI=1S/C18H27N5O2/c1-3-21-8-6-19-16(21)18(25)23-11-13-9-22(10-14(13)12-23)15-5-4-7-20(2)17(15)24/h6,8,13-15H,3-5,7,9-12H2,1-2H3/t13-,14+,15?. The van der Waals surface area contributed by atoms with Gasteiger partial charge in [-0.1, -0.05) is 0 Å². The van der Waals surface area contributed by atoms with Crippen LogP contribution in [0.4, 0.5) is 0 Å². The second-order valence-corrected chi connectivity index (χ2v) is 7.64. The highest BCUT2D eigenvalue weighted by Gasteiger charge is 2.45. The molecule has 0 aromatic carbocycles. The van der Waals surface area contributed by atoms with Crippen LogP contribution in [0.1, 0.15) is 30.4 Å². The van der Waals surface area contributed by atoms with Crippen molar-refractivity contribution in [3.05, 3.63) is 18.2 Å². The van der Waals surface area contributed by atoms with Gasteiger partial charge in [-0.25, -0.2) is 4.98 Å². The number of rotatable bonds is 3. The zero-order valence-electron chi connectivity index (χ0n) is 15.1. The van der Waals surface area contributed by atoms with E-state index in [2.05, 4.69) is 9.88 Å². The van der Waals surface area contributed by atoms with Crippen molar-refractivity contribution in [2.24, 2.45) is 11.8 Å². The number of imidazole rings is 1. The maximum absolute atomic E-state index is 12.8. The van der Waals surface area contributed by atoms with E-state index >= 15 is 0 Å². The molecule has 2 amide bonds. The Bertz CT molecular complexity index is 658. The quantitative estimate of drug-likeness (QED) is 0.802. The lowest BCUT2D eigenvalue weighted by atomic mass is 10.0. The van der Waals surface area contributed by atoms with Crippen LogP contribution in [0.25, 0.3) is 0 Å². The van der Waals surface area contributed by atoms with Gasteiger partial charge in [0.15, 0.2) is 5.82 Å². The second-order valence-electron chi connectivity index (χ2n) is 7.64. The fourth-order valence-electron chi connectivity index (χ4n) is 4.70. The first-order chi connectivity index (χ1) is 12.1. The molecule has 0 aliphatic carbocycles. The predicted molar refractivity (Wildman–Crippen MR) is 93.0 cm³/mol. The fraction of sp³-hybridized carbons (Fsp3) is 0.722. The molecule has 0 spiro atoms. The van der Waals surface area contributed by atoms with Crippen molar-refractivity contribution >= 4 is 11.8 Å². The predicted octanol–water partition coefficient (Wildman–Crippen LogP) is 0.528. The zero-order valence-corrected chi connectivity index (χ0v) is 15.1. The summed E-state index contributed by atoms with van der Waals surface area (Å²) in [5.74, 6) is 1.82. The molecule has 0 N–H and O–H groups in total. The number of nitrogens with zero attached hydrogens (tertiary/aromatic N) is 5. The summed E-state index contributed by atoms with van der Waals surface area (Å²) < 4.78 is 1.90. The minimum absolute atomic E-state index is 0.0428. The van der Waals surface area contributed by atoms with Crippen molar-refractivity contribution in [1.29, 1.82) is 0 Å². The van der Waals surface area contributed by atoms with Gasteiger partial charge >= 0.3 is 0 Å². The molecule has 3 fully saturated rings. The summed E-state index contributed by atoms with van der Waals surface area (Å²) in [7, 11) is 1.90. The van der Waals surface area contributed by atoms with Crippen LogP contribution in [-0.2, 0) is 11.3 Å². The summed E-state index contributed by atoms with van der Waals surface area (Å²) in [5.41, 5.74) is 0. The summed E-state index contributed by atoms with van der Waals surface area (Å²) in [5, 5.41) is 0. The van der Waals surface area contributed by atoms with Crippen LogP contribution in [0.3, 0.4) is 0 Å². The lowest BCUT2D eigenvalue weighted by Crippen LogP contribution is -2.51. The molecule has 3 atom stereocenters. The van der Waals surface area contributed by atoms with Gasteiger partial charge < -0.3 is 14.4 Å². The Hall–Kier alpha value is -1.89. The molecule has 3 aliphatic heterocycles. The number of aryl methyl sites for hydroxylation is 1. The molecule has 7 heteroatoms. The number of hydrogen-bond donors (Lipinski definition) is 0. The lowest BCUT2D eigenvalue weighted by molar-refractivity contribution is -0.138. The molecule has 136 valence electrons. The van der Waals surface area contributed by atoms with Crippen LogP contribution in [-0.4, -0.2) is 81.9 Å². The maximum Gasteiger partial charge on any atom is 0.289 e. The van der Waals surface area contributed by atoms with Crippen molar-refractivity contribution < 1.29 is 9.59 Å². The summed E-state index contributed by atoms with van der Waals surface area (Å²) in [6.45, 7) is 7.09. The summed E-state index contributed by atoms with van der Waals surface area (Å²) in [6, 6.07) is 0.0486.